The van der Waals surface area contributed by atoms with Gasteiger partial charge in [0.05, 0.1) is 10.6 Å². The van der Waals surface area contributed by atoms with Gasteiger partial charge < -0.3 is 5.73 Å². The number of Topliss-reactive ketones (excluding diaryl/α,β-unsaturated/α-hetero) is 1. The summed E-state index contributed by atoms with van der Waals surface area (Å²) in [6, 6.07) is 9.10. The van der Waals surface area contributed by atoms with Crippen LogP contribution in [0.2, 0.25) is 5.02 Å². The zero-order valence-electron chi connectivity index (χ0n) is 9.36. The van der Waals surface area contributed by atoms with Gasteiger partial charge in [0.2, 0.25) is 0 Å². The lowest BCUT2D eigenvalue weighted by Crippen LogP contribution is -2.08. The minimum atomic E-state index is -0.0928. The quantitative estimate of drug-likeness (QED) is 0.879. The largest absolute Gasteiger partial charge is 0.383 e. The Morgan fingerprint density at radius 1 is 1.33 bits per heavy atom. The lowest BCUT2D eigenvalue weighted by atomic mass is 10.0. The molecule has 92 valence electrons. The SMILES string of the molecule is Nc1ncc(Cl)cc1C(=O)Cc1ccc(Br)cc1. The first kappa shape index (κ1) is 13.1. The van der Waals surface area contributed by atoms with Crippen molar-refractivity contribution in [3.8, 4) is 0 Å². The molecule has 0 atom stereocenters. The molecule has 0 bridgehead atoms. The van der Waals surface area contributed by atoms with Crippen molar-refractivity contribution in [2.45, 2.75) is 6.42 Å². The van der Waals surface area contributed by atoms with Crippen LogP contribution in [0.3, 0.4) is 0 Å². The molecule has 0 aliphatic carbocycles. The van der Waals surface area contributed by atoms with E-state index in [1.54, 1.807) is 6.07 Å². The van der Waals surface area contributed by atoms with Crippen LogP contribution in [0.1, 0.15) is 15.9 Å². The van der Waals surface area contributed by atoms with Crippen LogP contribution in [0.4, 0.5) is 5.82 Å². The second-order valence-electron chi connectivity index (χ2n) is 3.81. The number of anilines is 1. The molecular formula is C13H10BrClN2O. The van der Waals surface area contributed by atoms with Gasteiger partial charge in [-0.15, -0.1) is 0 Å². The number of hydrogen-bond acceptors (Lipinski definition) is 3. The average Bonchev–Trinajstić information content (AvgIpc) is 2.35. The summed E-state index contributed by atoms with van der Waals surface area (Å²) < 4.78 is 0.975. The molecule has 0 fully saturated rings. The van der Waals surface area contributed by atoms with Crippen LogP contribution in [-0.2, 0) is 6.42 Å². The van der Waals surface area contributed by atoms with Gasteiger partial charge in [-0.2, -0.15) is 0 Å². The highest BCUT2D eigenvalue weighted by Crippen LogP contribution is 2.18. The fourth-order valence-electron chi connectivity index (χ4n) is 1.56. The zero-order valence-corrected chi connectivity index (χ0v) is 11.7. The molecule has 2 rings (SSSR count). The summed E-state index contributed by atoms with van der Waals surface area (Å²) in [5.74, 6) is 0.117. The summed E-state index contributed by atoms with van der Waals surface area (Å²) in [6.45, 7) is 0. The summed E-state index contributed by atoms with van der Waals surface area (Å²) in [5, 5.41) is 0.406. The van der Waals surface area contributed by atoms with E-state index in [1.807, 2.05) is 24.3 Å². The molecular weight excluding hydrogens is 316 g/mol. The van der Waals surface area contributed by atoms with Crippen molar-refractivity contribution in [3.05, 3.63) is 57.2 Å². The highest BCUT2D eigenvalue weighted by atomic mass is 79.9. The third kappa shape index (κ3) is 3.09. The summed E-state index contributed by atoms with van der Waals surface area (Å²) >= 11 is 9.15. The Morgan fingerprint density at radius 3 is 2.67 bits per heavy atom. The number of halogens is 2. The molecule has 0 amide bonds. The molecule has 0 aliphatic rings. The molecule has 5 heteroatoms. The predicted molar refractivity (Wildman–Crippen MR) is 75.8 cm³/mol. The number of aromatic nitrogens is 1. The van der Waals surface area contributed by atoms with Gasteiger partial charge in [0.1, 0.15) is 5.82 Å². The van der Waals surface area contributed by atoms with Crippen LogP contribution in [0.5, 0.6) is 0 Å². The minimum absolute atomic E-state index is 0.0928. The van der Waals surface area contributed by atoms with Gasteiger partial charge in [0.15, 0.2) is 5.78 Å². The van der Waals surface area contributed by atoms with Gasteiger partial charge in [0, 0.05) is 17.1 Å². The molecule has 0 saturated heterocycles. The van der Waals surface area contributed by atoms with E-state index in [-0.39, 0.29) is 18.0 Å². The van der Waals surface area contributed by atoms with E-state index in [0.29, 0.717) is 10.6 Å². The molecule has 1 heterocycles. The molecule has 2 aromatic rings. The summed E-state index contributed by atoms with van der Waals surface area (Å²) in [5.41, 5.74) is 6.96. The average molecular weight is 326 g/mol. The number of benzene rings is 1. The maximum absolute atomic E-state index is 12.1. The predicted octanol–water partition coefficient (Wildman–Crippen LogP) is 3.51. The van der Waals surface area contributed by atoms with Crippen molar-refractivity contribution in [3.63, 3.8) is 0 Å². The number of carbonyl (C=O) groups excluding carboxylic acids is 1. The first-order chi connectivity index (χ1) is 8.56. The van der Waals surface area contributed by atoms with Crippen molar-refractivity contribution in [2.24, 2.45) is 0 Å². The Kier molecular flexibility index (Phi) is 3.99. The van der Waals surface area contributed by atoms with Crippen molar-refractivity contribution in [1.29, 1.82) is 0 Å². The Hall–Kier alpha value is -1.39. The van der Waals surface area contributed by atoms with Gasteiger partial charge in [0.25, 0.3) is 0 Å². The fourth-order valence-corrected chi connectivity index (χ4v) is 1.98. The monoisotopic (exact) mass is 324 g/mol. The minimum Gasteiger partial charge on any atom is -0.383 e. The van der Waals surface area contributed by atoms with Crippen molar-refractivity contribution in [1.82, 2.24) is 4.98 Å². The Morgan fingerprint density at radius 2 is 2.00 bits per heavy atom. The first-order valence-corrected chi connectivity index (χ1v) is 6.42. The van der Waals surface area contributed by atoms with E-state index in [2.05, 4.69) is 20.9 Å². The van der Waals surface area contributed by atoms with E-state index in [1.165, 1.54) is 6.20 Å². The number of rotatable bonds is 3. The van der Waals surface area contributed by atoms with E-state index >= 15 is 0 Å². The van der Waals surface area contributed by atoms with E-state index in [0.717, 1.165) is 10.0 Å². The molecule has 3 nitrogen and oxygen atoms in total. The topological polar surface area (TPSA) is 56.0 Å². The Labute approximate surface area is 118 Å². The molecule has 0 spiro atoms. The van der Waals surface area contributed by atoms with Crippen LogP contribution in [-0.4, -0.2) is 10.8 Å². The number of hydrogen-bond donors (Lipinski definition) is 1. The summed E-state index contributed by atoms with van der Waals surface area (Å²) in [6.07, 6.45) is 1.70. The molecule has 0 aliphatic heterocycles. The fraction of sp³-hybridized carbons (Fsp3) is 0.0769. The number of ketones is 1. The molecule has 0 radical (unpaired) electrons. The molecule has 18 heavy (non-hydrogen) atoms. The second kappa shape index (κ2) is 5.50. The Bertz CT molecular complexity index is 584. The zero-order chi connectivity index (χ0) is 13.1. The number of nitrogen functional groups attached to an aromatic ring is 1. The number of nitrogens with two attached hydrogens (primary N) is 1. The third-order valence-electron chi connectivity index (χ3n) is 2.46. The van der Waals surface area contributed by atoms with Gasteiger partial charge in [-0.05, 0) is 23.8 Å². The molecule has 1 aromatic carbocycles. The van der Waals surface area contributed by atoms with Gasteiger partial charge in [-0.1, -0.05) is 39.7 Å². The second-order valence-corrected chi connectivity index (χ2v) is 5.16. The van der Waals surface area contributed by atoms with E-state index < -0.39 is 0 Å². The van der Waals surface area contributed by atoms with Crippen molar-refractivity contribution < 1.29 is 4.79 Å². The van der Waals surface area contributed by atoms with Crippen molar-refractivity contribution >= 4 is 39.1 Å². The lowest BCUT2D eigenvalue weighted by molar-refractivity contribution is 0.0993. The van der Waals surface area contributed by atoms with Gasteiger partial charge in [-0.25, -0.2) is 4.98 Å². The van der Waals surface area contributed by atoms with Gasteiger partial charge in [-0.3, -0.25) is 4.79 Å². The molecule has 0 unspecified atom stereocenters. The lowest BCUT2D eigenvalue weighted by Gasteiger charge is -2.05. The number of pyridine rings is 1. The van der Waals surface area contributed by atoms with Crippen LogP contribution in [0, 0.1) is 0 Å². The summed E-state index contributed by atoms with van der Waals surface area (Å²) in [7, 11) is 0. The highest BCUT2D eigenvalue weighted by Gasteiger charge is 2.12. The van der Waals surface area contributed by atoms with E-state index in [9.17, 15) is 4.79 Å². The maximum atomic E-state index is 12.1. The maximum Gasteiger partial charge on any atom is 0.170 e. The smallest absolute Gasteiger partial charge is 0.170 e. The number of nitrogens with zero attached hydrogens (tertiary/aromatic N) is 1. The highest BCUT2D eigenvalue weighted by molar-refractivity contribution is 9.10. The molecule has 1 aromatic heterocycles. The van der Waals surface area contributed by atoms with Crippen molar-refractivity contribution in [2.75, 3.05) is 5.73 Å². The standard InChI is InChI=1S/C13H10BrClN2O/c14-9-3-1-8(2-4-9)5-12(18)11-6-10(15)7-17-13(11)16/h1-4,6-7H,5H2,(H2,16,17). The van der Waals surface area contributed by atoms with Gasteiger partial charge >= 0.3 is 0 Å². The first-order valence-electron chi connectivity index (χ1n) is 5.25. The van der Waals surface area contributed by atoms with Crippen LogP contribution in [0.15, 0.2) is 41.0 Å². The third-order valence-corrected chi connectivity index (χ3v) is 3.20. The normalized spacial score (nSPS) is 10.3. The summed E-state index contributed by atoms with van der Waals surface area (Å²) in [4.78, 5) is 16.0. The van der Waals surface area contributed by atoms with Crippen LogP contribution >= 0.6 is 27.5 Å². The Balaban J connectivity index is 2.21. The van der Waals surface area contributed by atoms with Crippen LogP contribution in [0.25, 0.3) is 0 Å². The molecule has 2 N–H and O–H groups in total. The van der Waals surface area contributed by atoms with Crippen LogP contribution < -0.4 is 5.73 Å². The molecule has 0 saturated carbocycles. The van der Waals surface area contributed by atoms with E-state index in [4.69, 9.17) is 17.3 Å². The number of carbonyl (C=O) groups is 1.